The summed E-state index contributed by atoms with van der Waals surface area (Å²) in [6, 6.07) is 4.34. The first-order valence-electron chi connectivity index (χ1n) is 8.57. The number of aliphatic carboxylic acids is 2. The van der Waals surface area contributed by atoms with Crippen molar-refractivity contribution in [3.05, 3.63) is 35.4 Å². The van der Waals surface area contributed by atoms with Crippen LogP contribution in [0.2, 0.25) is 0 Å². The van der Waals surface area contributed by atoms with Crippen LogP contribution in [0.15, 0.2) is 24.3 Å². The molecule has 3 rings (SSSR count). The highest BCUT2D eigenvalue weighted by Gasteiger charge is 2.36. The zero-order valence-electron chi connectivity index (χ0n) is 14.1. The van der Waals surface area contributed by atoms with Crippen molar-refractivity contribution in [2.45, 2.75) is 37.8 Å². The minimum Gasteiger partial charge on any atom is -0.480 e. The third-order valence-corrected chi connectivity index (χ3v) is 4.95. The molecule has 0 spiro atoms. The second kappa shape index (κ2) is 7.15. The molecule has 0 radical (unpaired) electrons. The maximum atomic E-state index is 12.7. The van der Waals surface area contributed by atoms with Crippen molar-refractivity contribution in [3.8, 4) is 0 Å². The van der Waals surface area contributed by atoms with Crippen LogP contribution in [0, 0.1) is 0 Å². The number of amides is 2. The summed E-state index contributed by atoms with van der Waals surface area (Å²) in [4.78, 5) is 50.5. The fourth-order valence-corrected chi connectivity index (χ4v) is 3.65. The van der Waals surface area contributed by atoms with Crippen molar-refractivity contribution in [2.75, 3.05) is 13.1 Å². The molecule has 2 fully saturated rings. The summed E-state index contributed by atoms with van der Waals surface area (Å²) in [5, 5.41) is 18.5. The molecule has 0 bridgehead atoms. The van der Waals surface area contributed by atoms with Gasteiger partial charge in [-0.15, -0.1) is 0 Å². The number of hydrogen-bond donors (Lipinski definition) is 2. The largest absolute Gasteiger partial charge is 0.480 e. The molecule has 0 saturated carbocycles. The Bertz CT molecular complexity index is 703. The first kappa shape index (κ1) is 17.9. The number of rotatable bonds is 4. The number of carboxylic acids is 2. The van der Waals surface area contributed by atoms with Gasteiger partial charge in [0, 0.05) is 24.2 Å². The molecule has 2 atom stereocenters. The fraction of sp³-hybridized carbons (Fsp3) is 0.444. The van der Waals surface area contributed by atoms with Gasteiger partial charge in [0.1, 0.15) is 12.1 Å². The highest BCUT2D eigenvalue weighted by atomic mass is 16.4. The van der Waals surface area contributed by atoms with Crippen LogP contribution in [0.3, 0.4) is 0 Å². The summed E-state index contributed by atoms with van der Waals surface area (Å²) >= 11 is 0. The first-order chi connectivity index (χ1) is 12.4. The smallest absolute Gasteiger partial charge is 0.326 e. The van der Waals surface area contributed by atoms with E-state index < -0.39 is 35.8 Å². The molecule has 0 aromatic heterocycles. The van der Waals surface area contributed by atoms with Crippen LogP contribution < -0.4 is 0 Å². The Balaban J connectivity index is 1.82. The Kier molecular flexibility index (Phi) is 4.92. The lowest BCUT2D eigenvalue weighted by atomic mass is 10.1. The van der Waals surface area contributed by atoms with Gasteiger partial charge in [0.15, 0.2) is 0 Å². The number of carboxylic acid groups (broad SMARTS) is 2. The monoisotopic (exact) mass is 360 g/mol. The van der Waals surface area contributed by atoms with Crippen molar-refractivity contribution in [1.82, 2.24) is 9.80 Å². The van der Waals surface area contributed by atoms with Gasteiger partial charge in [0.2, 0.25) is 0 Å². The predicted molar refractivity (Wildman–Crippen MR) is 89.8 cm³/mol. The maximum Gasteiger partial charge on any atom is 0.326 e. The Morgan fingerprint density at radius 3 is 1.62 bits per heavy atom. The van der Waals surface area contributed by atoms with Crippen molar-refractivity contribution in [3.63, 3.8) is 0 Å². The van der Waals surface area contributed by atoms with E-state index in [0.29, 0.717) is 38.8 Å². The normalized spacial score (nSPS) is 22.5. The lowest BCUT2D eigenvalue weighted by Crippen LogP contribution is -2.41. The first-order valence-corrected chi connectivity index (χ1v) is 8.57. The zero-order valence-corrected chi connectivity index (χ0v) is 14.1. The fourth-order valence-electron chi connectivity index (χ4n) is 3.65. The third-order valence-electron chi connectivity index (χ3n) is 4.95. The van der Waals surface area contributed by atoms with Crippen LogP contribution in [-0.4, -0.2) is 68.9 Å². The second-order valence-electron chi connectivity index (χ2n) is 6.57. The van der Waals surface area contributed by atoms with E-state index in [2.05, 4.69) is 0 Å². The SMILES string of the molecule is O=C(O)[C@H]1CCCN1C(=O)c1cccc(C(=O)N2CCC[C@@H]2C(=O)O)c1. The van der Waals surface area contributed by atoms with Gasteiger partial charge in [-0.3, -0.25) is 9.59 Å². The standard InChI is InChI=1S/C18H20N2O6/c21-15(19-8-2-6-13(19)17(23)24)11-4-1-5-12(10-11)16(22)20-9-3-7-14(20)18(25)26/h1,4-5,10,13-14H,2-3,6-9H2,(H,23,24)(H,25,26)/t13-,14-/m1/s1. The van der Waals surface area contributed by atoms with Crippen LogP contribution in [0.5, 0.6) is 0 Å². The van der Waals surface area contributed by atoms with Gasteiger partial charge in [-0.2, -0.15) is 0 Å². The highest BCUT2D eigenvalue weighted by molar-refractivity contribution is 6.01. The average molecular weight is 360 g/mol. The number of hydrogen-bond acceptors (Lipinski definition) is 4. The number of nitrogens with zero attached hydrogens (tertiary/aromatic N) is 2. The van der Waals surface area contributed by atoms with Crippen LogP contribution >= 0.6 is 0 Å². The molecule has 8 heteroatoms. The minimum absolute atomic E-state index is 0.232. The van der Waals surface area contributed by atoms with E-state index in [1.165, 1.54) is 28.0 Å². The molecule has 2 heterocycles. The van der Waals surface area contributed by atoms with E-state index in [1.54, 1.807) is 6.07 Å². The van der Waals surface area contributed by atoms with E-state index in [-0.39, 0.29) is 11.1 Å². The molecule has 1 aromatic carbocycles. The lowest BCUT2D eigenvalue weighted by molar-refractivity contribution is -0.142. The van der Waals surface area contributed by atoms with Gasteiger partial charge >= 0.3 is 11.9 Å². The van der Waals surface area contributed by atoms with Crippen molar-refractivity contribution < 1.29 is 29.4 Å². The number of carbonyl (C=O) groups is 4. The van der Waals surface area contributed by atoms with Crippen molar-refractivity contribution >= 4 is 23.8 Å². The zero-order chi connectivity index (χ0) is 18.8. The second-order valence-corrected chi connectivity index (χ2v) is 6.57. The van der Waals surface area contributed by atoms with E-state index in [0.717, 1.165) is 0 Å². The van der Waals surface area contributed by atoms with Gasteiger partial charge in [-0.25, -0.2) is 9.59 Å². The molecule has 1 aromatic rings. The van der Waals surface area contributed by atoms with Gasteiger partial charge in [0.05, 0.1) is 0 Å². The molecule has 2 saturated heterocycles. The van der Waals surface area contributed by atoms with E-state index in [9.17, 15) is 29.4 Å². The topological polar surface area (TPSA) is 115 Å². The van der Waals surface area contributed by atoms with E-state index in [4.69, 9.17) is 0 Å². The molecule has 26 heavy (non-hydrogen) atoms. The molecular weight excluding hydrogens is 340 g/mol. The van der Waals surface area contributed by atoms with Crippen LogP contribution in [0.4, 0.5) is 0 Å². The highest BCUT2D eigenvalue weighted by Crippen LogP contribution is 2.23. The van der Waals surface area contributed by atoms with Crippen LogP contribution in [0.1, 0.15) is 46.4 Å². The summed E-state index contributed by atoms with van der Waals surface area (Å²) in [7, 11) is 0. The van der Waals surface area contributed by atoms with Crippen LogP contribution in [-0.2, 0) is 9.59 Å². The summed E-state index contributed by atoms with van der Waals surface area (Å²) in [6.07, 6.45) is 2.06. The summed E-state index contributed by atoms with van der Waals surface area (Å²) in [5.41, 5.74) is 0.463. The molecule has 2 aliphatic heterocycles. The number of benzene rings is 1. The third kappa shape index (κ3) is 3.26. The minimum atomic E-state index is -1.04. The Morgan fingerprint density at radius 2 is 1.23 bits per heavy atom. The molecule has 2 N–H and O–H groups in total. The van der Waals surface area contributed by atoms with Crippen molar-refractivity contribution in [2.24, 2.45) is 0 Å². The van der Waals surface area contributed by atoms with Gasteiger partial charge < -0.3 is 20.0 Å². The van der Waals surface area contributed by atoms with Crippen molar-refractivity contribution in [1.29, 1.82) is 0 Å². The Hall–Kier alpha value is -2.90. The summed E-state index contributed by atoms with van der Waals surface area (Å²) in [6.45, 7) is 0.725. The molecule has 0 aliphatic carbocycles. The van der Waals surface area contributed by atoms with Gasteiger partial charge in [-0.05, 0) is 43.9 Å². The predicted octanol–water partition coefficient (Wildman–Crippen LogP) is 1.06. The van der Waals surface area contributed by atoms with E-state index >= 15 is 0 Å². The summed E-state index contributed by atoms with van der Waals surface area (Å²) < 4.78 is 0. The molecule has 2 amide bonds. The molecule has 0 unspecified atom stereocenters. The van der Waals surface area contributed by atoms with Crippen LogP contribution in [0.25, 0.3) is 0 Å². The Labute approximate surface area is 150 Å². The average Bonchev–Trinajstić information content (AvgIpc) is 3.29. The Morgan fingerprint density at radius 1 is 0.808 bits per heavy atom. The lowest BCUT2D eigenvalue weighted by Gasteiger charge is -2.23. The van der Waals surface area contributed by atoms with Gasteiger partial charge in [0.25, 0.3) is 11.8 Å². The number of likely N-dealkylation sites (tertiary alicyclic amines) is 2. The van der Waals surface area contributed by atoms with Gasteiger partial charge in [-0.1, -0.05) is 6.07 Å². The number of carbonyl (C=O) groups excluding carboxylic acids is 2. The molecule has 2 aliphatic rings. The maximum absolute atomic E-state index is 12.7. The van der Waals surface area contributed by atoms with E-state index in [1.807, 2.05) is 0 Å². The molecular formula is C18H20N2O6. The summed E-state index contributed by atoms with van der Waals surface area (Å²) in [5.74, 6) is -2.93. The molecule has 8 nitrogen and oxygen atoms in total. The molecule has 138 valence electrons. The quantitative estimate of drug-likeness (QED) is 0.830.